The third kappa shape index (κ3) is 4.00. The fraction of sp³-hybridized carbons (Fsp3) is 0.529. The molecule has 0 aromatic heterocycles. The van der Waals surface area contributed by atoms with Crippen molar-refractivity contribution in [1.82, 2.24) is 16.0 Å². The predicted molar refractivity (Wildman–Crippen MR) is 84.5 cm³/mol. The Morgan fingerprint density at radius 1 is 1.05 bits per heavy atom. The molecule has 0 unspecified atom stereocenters. The minimum absolute atomic E-state index is 0.0149. The monoisotopic (exact) mass is 301 g/mol. The Balaban J connectivity index is 1.42. The van der Waals surface area contributed by atoms with Crippen LogP contribution in [0.25, 0.3) is 0 Å². The number of carbonyl (C=O) groups is 2. The smallest absolute Gasteiger partial charge is 0.315 e. The first-order valence-electron chi connectivity index (χ1n) is 8.04. The van der Waals surface area contributed by atoms with Crippen molar-refractivity contribution in [1.29, 1.82) is 0 Å². The molecular weight excluding hydrogens is 278 g/mol. The zero-order chi connectivity index (χ0) is 15.5. The third-order valence-corrected chi connectivity index (χ3v) is 4.29. The van der Waals surface area contributed by atoms with Crippen LogP contribution in [0.1, 0.15) is 48.5 Å². The average Bonchev–Trinajstić information content (AvgIpc) is 3.28. The number of amides is 3. The van der Waals surface area contributed by atoms with E-state index in [0.29, 0.717) is 24.2 Å². The first-order valence-corrected chi connectivity index (χ1v) is 8.04. The standard InChI is InChI=1S/C17H23N3O2/c1-11-8-15(9-11)20-17(22)18-10-12-2-4-13(5-3-12)16(21)19-14-6-7-14/h2-5,11,14-15H,6-10H2,1H3,(H,19,21)(H2,18,20,22). The van der Waals surface area contributed by atoms with Crippen LogP contribution in [0.4, 0.5) is 4.79 Å². The van der Waals surface area contributed by atoms with E-state index in [0.717, 1.165) is 37.2 Å². The van der Waals surface area contributed by atoms with Gasteiger partial charge in [0, 0.05) is 24.2 Å². The predicted octanol–water partition coefficient (Wildman–Crippen LogP) is 2.18. The van der Waals surface area contributed by atoms with Gasteiger partial charge in [-0.05, 0) is 49.3 Å². The van der Waals surface area contributed by atoms with Gasteiger partial charge in [0.25, 0.3) is 5.91 Å². The molecule has 0 bridgehead atoms. The lowest BCUT2D eigenvalue weighted by Gasteiger charge is -2.33. The highest BCUT2D eigenvalue weighted by Gasteiger charge is 2.26. The van der Waals surface area contributed by atoms with Crippen molar-refractivity contribution in [3.63, 3.8) is 0 Å². The zero-order valence-corrected chi connectivity index (χ0v) is 12.9. The van der Waals surface area contributed by atoms with Crippen LogP contribution in [0.15, 0.2) is 24.3 Å². The lowest BCUT2D eigenvalue weighted by Crippen LogP contribution is -2.47. The number of hydrogen-bond acceptors (Lipinski definition) is 2. The molecule has 5 heteroatoms. The van der Waals surface area contributed by atoms with Gasteiger partial charge in [0.2, 0.25) is 0 Å². The molecule has 118 valence electrons. The van der Waals surface area contributed by atoms with Gasteiger partial charge in [-0.1, -0.05) is 19.1 Å². The number of carbonyl (C=O) groups excluding carboxylic acids is 2. The van der Waals surface area contributed by atoms with Crippen molar-refractivity contribution in [2.24, 2.45) is 5.92 Å². The number of urea groups is 1. The molecular formula is C17H23N3O2. The number of nitrogens with one attached hydrogen (secondary N) is 3. The molecule has 22 heavy (non-hydrogen) atoms. The first-order chi connectivity index (χ1) is 10.6. The summed E-state index contributed by atoms with van der Waals surface area (Å²) in [5.74, 6) is 0.707. The molecule has 0 saturated heterocycles. The van der Waals surface area contributed by atoms with E-state index in [2.05, 4.69) is 22.9 Å². The summed E-state index contributed by atoms with van der Waals surface area (Å²) in [4.78, 5) is 23.6. The molecule has 5 nitrogen and oxygen atoms in total. The molecule has 2 saturated carbocycles. The Morgan fingerprint density at radius 2 is 1.73 bits per heavy atom. The molecule has 0 aliphatic heterocycles. The summed E-state index contributed by atoms with van der Waals surface area (Å²) in [5.41, 5.74) is 1.66. The van der Waals surface area contributed by atoms with Gasteiger partial charge in [-0.2, -0.15) is 0 Å². The number of rotatable bonds is 5. The second kappa shape index (κ2) is 6.38. The van der Waals surface area contributed by atoms with Crippen molar-refractivity contribution in [2.75, 3.05) is 0 Å². The topological polar surface area (TPSA) is 70.2 Å². The van der Waals surface area contributed by atoms with Crippen LogP contribution in [-0.4, -0.2) is 24.0 Å². The highest BCUT2D eigenvalue weighted by Crippen LogP contribution is 2.26. The summed E-state index contributed by atoms with van der Waals surface area (Å²) in [7, 11) is 0. The second-order valence-corrected chi connectivity index (χ2v) is 6.55. The van der Waals surface area contributed by atoms with Crippen LogP contribution in [0, 0.1) is 5.92 Å². The van der Waals surface area contributed by atoms with Crippen LogP contribution in [-0.2, 0) is 6.54 Å². The zero-order valence-electron chi connectivity index (χ0n) is 12.9. The average molecular weight is 301 g/mol. The van der Waals surface area contributed by atoms with Crippen LogP contribution >= 0.6 is 0 Å². The SMILES string of the molecule is CC1CC(NC(=O)NCc2ccc(C(=O)NC3CC3)cc2)C1. The maximum absolute atomic E-state index is 11.9. The molecule has 2 fully saturated rings. The minimum Gasteiger partial charge on any atom is -0.349 e. The third-order valence-electron chi connectivity index (χ3n) is 4.29. The quantitative estimate of drug-likeness (QED) is 0.780. The molecule has 1 aromatic rings. The van der Waals surface area contributed by atoms with Crippen LogP contribution in [0.3, 0.4) is 0 Å². The van der Waals surface area contributed by atoms with Gasteiger partial charge in [-0.25, -0.2) is 4.79 Å². The fourth-order valence-corrected chi connectivity index (χ4v) is 2.71. The van der Waals surface area contributed by atoms with Gasteiger partial charge in [0.1, 0.15) is 0 Å². The molecule has 0 radical (unpaired) electrons. The molecule has 0 heterocycles. The van der Waals surface area contributed by atoms with E-state index < -0.39 is 0 Å². The first kappa shape index (κ1) is 14.9. The van der Waals surface area contributed by atoms with Gasteiger partial charge in [-0.3, -0.25) is 4.79 Å². The Morgan fingerprint density at radius 3 is 2.32 bits per heavy atom. The van der Waals surface area contributed by atoms with E-state index in [4.69, 9.17) is 0 Å². The van der Waals surface area contributed by atoms with Crippen LogP contribution < -0.4 is 16.0 Å². The van der Waals surface area contributed by atoms with Crippen molar-refractivity contribution in [3.05, 3.63) is 35.4 Å². The maximum atomic E-state index is 11.9. The van der Waals surface area contributed by atoms with Crippen molar-refractivity contribution < 1.29 is 9.59 Å². The van der Waals surface area contributed by atoms with E-state index >= 15 is 0 Å². The number of benzene rings is 1. The lowest BCUT2D eigenvalue weighted by molar-refractivity contribution is 0.0951. The molecule has 3 N–H and O–H groups in total. The normalized spacial score (nSPS) is 23.3. The van der Waals surface area contributed by atoms with Gasteiger partial charge >= 0.3 is 6.03 Å². The summed E-state index contributed by atoms with van der Waals surface area (Å²) in [6.45, 7) is 2.66. The molecule has 3 amide bonds. The molecule has 2 aliphatic rings. The highest BCUT2D eigenvalue weighted by atomic mass is 16.2. The Labute approximate surface area is 130 Å². The maximum Gasteiger partial charge on any atom is 0.315 e. The molecule has 0 atom stereocenters. The summed E-state index contributed by atoms with van der Waals surface area (Å²) >= 11 is 0. The van der Waals surface area contributed by atoms with Crippen molar-refractivity contribution in [2.45, 2.75) is 51.2 Å². The molecule has 0 spiro atoms. The van der Waals surface area contributed by atoms with E-state index in [1.54, 1.807) is 12.1 Å². The van der Waals surface area contributed by atoms with Crippen molar-refractivity contribution >= 4 is 11.9 Å². The van der Waals surface area contributed by atoms with E-state index in [-0.39, 0.29) is 11.9 Å². The lowest BCUT2D eigenvalue weighted by atomic mass is 9.82. The van der Waals surface area contributed by atoms with E-state index in [1.807, 2.05) is 12.1 Å². The molecule has 3 rings (SSSR count). The molecule has 1 aromatic carbocycles. The van der Waals surface area contributed by atoms with Gasteiger partial charge in [-0.15, -0.1) is 0 Å². The summed E-state index contributed by atoms with van der Waals surface area (Å²) in [6.07, 6.45) is 4.31. The second-order valence-electron chi connectivity index (χ2n) is 6.55. The Hall–Kier alpha value is -2.04. The summed E-state index contributed by atoms with van der Waals surface area (Å²) in [5, 5.41) is 8.77. The Bertz CT molecular complexity index is 546. The van der Waals surface area contributed by atoms with Gasteiger partial charge < -0.3 is 16.0 Å². The van der Waals surface area contributed by atoms with Gasteiger partial charge in [0.05, 0.1) is 0 Å². The van der Waals surface area contributed by atoms with Crippen molar-refractivity contribution in [3.8, 4) is 0 Å². The van der Waals surface area contributed by atoms with Crippen LogP contribution in [0.5, 0.6) is 0 Å². The molecule has 2 aliphatic carbocycles. The number of hydrogen-bond donors (Lipinski definition) is 3. The highest BCUT2D eigenvalue weighted by molar-refractivity contribution is 5.94. The minimum atomic E-state index is -0.118. The van der Waals surface area contributed by atoms with Gasteiger partial charge in [0.15, 0.2) is 0 Å². The largest absolute Gasteiger partial charge is 0.349 e. The summed E-state index contributed by atoms with van der Waals surface area (Å²) in [6, 6.07) is 7.95. The summed E-state index contributed by atoms with van der Waals surface area (Å²) < 4.78 is 0. The Kier molecular flexibility index (Phi) is 4.32. The fourth-order valence-electron chi connectivity index (χ4n) is 2.71. The van der Waals surface area contributed by atoms with E-state index in [9.17, 15) is 9.59 Å². The van der Waals surface area contributed by atoms with Crippen LogP contribution in [0.2, 0.25) is 0 Å². The van der Waals surface area contributed by atoms with E-state index in [1.165, 1.54) is 0 Å².